The molecule has 0 atom stereocenters. The highest BCUT2D eigenvalue weighted by atomic mass is 35.5. The first-order chi connectivity index (χ1) is 8.97. The Morgan fingerprint density at radius 2 is 1.68 bits per heavy atom. The Morgan fingerprint density at radius 1 is 1.05 bits per heavy atom. The summed E-state index contributed by atoms with van der Waals surface area (Å²) in [4.78, 5) is 0. The Bertz CT molecular complexity index is 585. The van der Waals surface area contributed by atoms with Crippen molar-refractivity contribution >= 4 is 17.3 Å². The fourth-order valence-electron chi connectivity index (χ4n) is 2.31. The predicted molar refractivity (Wildman–Crippen MR) is 79.4 cm³/mol. The number of nitrogens with one attached hydrogen (secondary N) is 1. The van der Waals surface area contributed by atoms with E-state index >= 15 is 0 Å². The molecule has 0 amide bonds. The number of benzene rings is 2. The zero-order valence-electron chi connectivity index (χ0n) is 11.3. The summed E-state index contributed by atoms with van der Waals surface area (Å²) < 4.78 is 13.7. The predicted octanol–water partition coefficient (Wildman–Crippen LogP) is 5.02. The minimum Gasteiger partial charge on any atom is -0.380 e. The van der Waals surface area contributed by atoms with E-state index in [0.29, 0.717) is 17.1 Å². The van der Waals surface area contributed by atoms with Crippen molar-refractivity contribution in [1.29, 1.82) is 0 Å². The second-order valence-corrected chi connectivity index (χ2v) is 5.30. The maximum Gasteiger partial charge on any atom is 0.129 e. The first-order valence-electron chi connectivity index (χ1n) is 6.23. The Labute approximate surface area is 118 Å². The minimum atomic E-state index is -0.276. The molecule has 0 aromatic heterocycles. The second-order valence-electron chi connectivity index (χ2n) is 4.86. The van der Waals surface area contributed by atoms with Gasteiger partial charge in [-0.3, -0.25) is 0 Å². The van der Waals surface area contributed by atoms with E-state index < -0.39 is 0 Å². The average molecular weight is 278 g/mol. The van der Waals surface area contributed by atoms with Gasteiger partial charge in [-0.15, -0.1) is 0 Å². The van der Waals surface area contributed by atoms with Gasteiger partial charge in [0.05, 0.1) is 0 Å². The first kappa shape index (κ1) is 13.9. The highest BCUT2D eigenvalue weighted by Crippen LogP contribution is 2.23. The normalized spacial score (nSPS) is 10.6. The van der Waals surface area contributed by atoms with Crippen LogP contribution in [-0.4, -0.2) is 0 Å². The molecule has 0 aliphatic carbocycles. The van der Waals surface area contributed by atoms with Gasteiger partial charge in [0.15, 0.2) is 0 Å². The second kappa shape index (κ2) is 5.62. The van der Waals surface area contributed by atoms with Crippen LogP contribution < -0.4 is 5.32 Å². The molecule has 1 N–H and O–H groups in total. The number of halogens is 2. The van der Waals surface area contributed by atoms with E-state index in [2.05, 4.69) is 38.2 Å². The maximum absolute atomic E-state index is 13.7. The summed E-state index contributed by atoms with van der Waals surface area (Å²) in [6.07, 6.45) is 0. The number of hydrogen-bond acceptors (Lipinski definition) is 1. The third kappa shape index (κ3) is 3.27. The molecular formula is C16H17ClFN. The molecule has 2 aromatic rings. The van der Waals surface area contributed by atoms with Crippen LogP contribution in [0.4, 0.5) is 10.1 Å². The van der Waals surface area contributed by atoms with Crippen LogP contribution >= 0.6 is 11.6 Å². The van der Waals surface area contributed by atoms with Gasteiger partial charge in [0.25, 0.3) is 0 Å². The highest BCUT2D eigenvalue weighted by Gasteiger charge is 2.06. The number of rotatable bonds is 3. The molecule has 3 heteroatoms. The highest BCUT2D eigenvalue weighted by molar-refractivity contribution is 6.30. The molecule has 2 rings (SSSR count). The Hall–Kier alpha value is -1.54. The Kier molecular flexibility index (Phi) is 4.11. The summed E-state index contributed by atoms with van der Waals surface area (Å²) in [6.45, 7) is 6.64. The summed E-state index contributed by atoms with van der Waals surface area (Å²) in [5.74, 6) is -0.276. The van der Waals surface area contributed by atoms with Gasteiger partial charge in [-0.1, -0.05) is 35.4 Å². The van der Waals surface area contributed by atoms with E-state index in [1.807, 2.05) is 0 Å². The van der Waals surface area contributed by atoms with Crippen molar-refractivity contribution in [3.8, 4) is 0 Å². The number of hydrogen-bond donors (Lipinski definition) is 1. The van der Waals surface area contributed by atoms with Crippen molar-refractivity contribution in [3.05, 3.63) is 63.4 Å². The van der Waals surface area contributed by atoms with Gasteiger partial charge in [0, 0.05) is 22.8 Å². The SMILES string of the molecule is Cc1cc(C)c(NCc2ccc(Cl)cc2F)c(C)c1. The standard InChI is InChI=1S/C16H17ClFN/c1-10-6-11(2)16(12(3)7-10)19-9-13-4-5-14(17)8-15(13)18/h4-8,19H,9H2,1-3H3. The fourth-order valence-corrected chi connectivity index (χ4v) is 2.47. The summed E-state index contributed by atoms with van der Waals surface area (Å²) in [5.41, 5.74) is 5.26. The summed E-state index contributed by atoms with van der Waals surface area (Å²) in [5, 5.41) is 3.72. The van der Waals surface area contributed by atoms with Crippen LogP contribution in [0, 0.1) is 26.6 Å². The van der Waals surface area contributed by atoms with Gasteiger partial charge in [0.2, 0.25) is 0 Å². The molecule has 1 nitrogen and oxygen atoms in total. The van der Waals surface area contributed by atoms with Gasteiger partial charge in [-0.05, 0) is 44.0 Å². The lowest BCUT2D eigenvalue weighted by Crippen LogP contribution is -2.05. The van der Waals surface area contributed by atoms with E-state index in [-0.39, 0.29) is 5.82 Å². The van der Waals surface area contributed by atoms with E-state index in [0.717, 1.165) is 5.69 Å². The zero-order chi connectivity index (χ0) is 14.0. The first-order valence-corrected chi connectivity index (χ1v) is 6.61. The van der Waals surface area contributed by atoms with Crippen LogP contribution in [0.15, 0.2) is 30.3 Å². The molecule has 0 unspecified atom stereocenters. The fraction of sp³-hybridized carbons (Fsp3) is 0.250. The molecule has 0 saturated carbocycles. The smallest absolute Gasteiger partial charge is 0.129 e. The molecule has 0 spiro atoms. The van der Waals surface area contributed by atoms with Gasteiger partial charge in [0.1, 0.15) is 5.82 Å². The molecule has 19 heavy (non-hydrogen) atoms. The zero-order valence-corrected chi connectivity index (χ0v) is 12.1. The van der Waals surface area contributed by atoms with Crippen LogP contribution in [0.5, 0.6) is 0 Å². The molecule has 0 aliphatic heterocycles. The quantitative estimate of drug-likeness (QED) is 0.831. The molecule has 0 saturated heterocycles. The van der Waals surface area contributed by atoms with Gasteiger partial charge >= 0.3 is 0 Å². The number of aryl methyl sites for hydroxylation is 3. The van der Waals surface area contributed by atoms with E-state index in [1.54, 1.807) is 12.1 Å². The lowest BCUT2D eigenvalue weighted by molar-refractivity contribution is 0.613. The summed E-state index contributed by atoms with van der Waals surface area (Å²) >= 11 is 5.74. The average Bonchev–Trinajstić information content (AvgIpc) is 2.30. The monoisotopic (exact) mass is 277 g/mol. The molecule has 100 valence electrons. The molecule has 0 fully saturated rings. The van der Waals surface area contributed by atoms with Crippen LogP contribution in [0.25, 0.3) is 0 Å². The van der Waals surface area contributed by atoms with Crippen molar-refractivity contribution in [2.45, 2.75) is 27.3 Å². The molecular weight excluding hydrogens is 261 g/mol. The third-order valence-electron chi connectivity index (χ3n) is 3.15. The molecule has 2 aromatic carbocycles. The molecule has 0 aliphatic rings. The summed E-state index contributed by atoms with van der Waals surface area (Å²) in [7, 11) is 0. The Morgan fingerprint density at radius 3 is 2.26 bits per heavy atom. The summed E-state index contributed by atoms with van der Waals surface area (Å²) in [6, 6.07) is 8.99. The van der Waals surface area contributed by atoms with Gasteiger partial charge in [-0.2, -0.15) is 0 Å². The molecule has 0 radical (unpaired) electrons. The molecule has 0 heterocycles. The topological polar surface area (TPSA) is 12.0 Å². The van der Waals surface area contributed by atoms with Gasteiger partial charge < -0.3 is 5.32 Å². The van der Waals surface area contributed by atoms with E-state index in [9.17, 15) is 4.39 Å². The van der Waals surface area contributed by atoms with Crippen molar-refractivity contribution in [2.24, 2.45) is 0 Å². The van der Waals surface area contributed by atoms with Crippen molar-refractivity contribution in [3.63, 3.8) is 0 Å². The largest absolute Gasteiger partial charge is 0.380 e. The van der Waals surface area contributed by atoms with Crippen molar-refractivity contribution in [1.82, 2.24) is 0 Å². The van der Waals surface area contributed by atoms with Crippen LogP contribution in [-0.2, 0) is 6.54 Å². The lowest BCUT2D eigenvalue weighted by Gasteiger charge is -2.14. The number of anilines is 1. The molecule has 0 bridgehead atoms. The van der Waals surface area contributed by atoms with Crippen LogP contribution in [0.3, 0.4) is 0 Å². The van der Waals surface area contributed by atoms with Crippen LogP contribution in [0.2, 0.25) is 5.02 Å². The van der Waals surface area contributed by atoms with Crippen molar-refractivity contribution in [2.75, 3.05) is 5.32 Å². The van der Waals surface area contributed by atoms with Gasteiger partial charge in [-0.25, -0.2) is 4.39 Å². The van der Waals surface area contributed by atoms with E-state index in [1.165, 1.54) is 22.8 Å². The Balaban J connectivity index is 2.19. The van der Waals surface area contributed by atoms with E-state index in [4.69, 9.17) is 11.6 Å². The van der Waals surface area contributed by atoms with Crippen molar-refractivity contribution < 1.29 is 4.39 Å². The maximum atomic E-state index is 13.7. The lowest BCUT2D eigenvalue weighted by atomic mass is 10.0. The minimum absolute atomic E-state index is 0.276. The van der Waals surface area contributed by atoms with Crippen LogP contribution in [0.1, 0.15) is 22.3 Å². The third-order valence-corrected chi connectivity index (χ3v) is 3.38.